The van der Waals surface area contributed by atoms with Crippen molar-refractivity contribution in [1.82, 2.24) is 18.4 Å². The van der Waals surface area contributed by atoms with E-state index >= 15 is 4.79 Å². The molecule has 0 unspecified atom stereocenters. The third-order valence-electron chi connectivity index (χ3n) is 14.8. The van der Waals surface area contributed by atoms with E-state index in [1.807, 2.05) is 4.57 Å². The van der Waals surface area contributed by atoms with Crippen LogP contribution in [0.3, 0.4) is 0 Å². The van der Waals surface area contributed by atoms with Crippen molar-refractivity contribution in [2.24, 2.45) is 0 Å². The van der Waals surface area contributed by atoms with Crippen LogP contribution in [0, 0.1) is 13.8 Å². The second-order valence-corrected chi connectivity index (χ2v) is 26.1. The summed E-state index contributed by atoms with van der Waals surface area (Å²) in [6.07, 6.45) is 0.643. The number of anilines is 1. The van der Waals surface area contributed by atoms with Crippen LogP contribution in [0.5, 0.6) is 0 Å². The average molecular weight is 1250 g/mol. The molecule has 0 atom stereocenters. The number of fused-ring (bicyclic) bond motifs is 2. The zero-order valence-electron chi connectivity index (χ0n) is 47.7. The highest BCUT2D eigenvalue weighted by Gasteiger charge is 2.39. The van der Waals surface area contributed by atoms with Crippen LogP contribution in [-0.2, 0) is 70.0 Å². The van der Waals surface area contributed by atoms with Crippen molar-refractivity contribution in [1.29, 1.82) is 0 Å². The van der Waals surface area contributed by atoms with Crippen LogP contribution >= 0.6 is 0 Å². The van der Waals surface area contributed by atoms with Gasteiger partial charge < -0.3 is 34.7 Å². The third kappa shape index (κ3) is 15.2. The average Bonchev–Trinajstić information content (AvgIpc) is 0.775. The monoisotopic (exact) mass is 1250 g/mol. The SMILES string of the molecule is Cc1ccc(S(=O)(=O)N(CCCC(=O)CCCOCCOCCOCCOCCC(=O)O)C(=O)c2c3ccccc3[n+](CCCS(=O)(=O)N3CCN(C(=O)CN4C(=O)c5cc(C)cc6c(N)c(S(=O)(=O)O)cc(c56)C4=O)CC3)c3ccccc23)cc1. The Morgan fingerprint density at radius 1 is 0.640 bits per heavy atom. The van der Waals surface area contributed by atoms with Gasteiger partial charge in [-0.2, -0.15) is 17.3 Å². The van der Waals surface area contributed by atoms with Crippen molar-refractivity contribution in [3.63, 3.8) is 0 Å². The summed E-state index contributed by atoms with van der Waals surface area (Å²) >= 11 is 0. The lowest BCUT2D eigenvalue weighted by Crippen LogP contribution is -2.54. The molecule has 6 aromatic rings. The number of hydrogen-bond donors (Lipinski definition) is 3. The van der Waals surface area contributed by atoms with E-state index in [1.54, 1.807) is 74.5 Å². The lowest BCUT2D eigenvalue weighted by molar-refractivity contribution is -0.645. The first-order chi connectivity index (χ1) is 41.0. The summed E-state index contributed by atoms with van der Waals surface area (Å²) in [5.74, 6) is -4.64. The Balaban J connectivity index is 0.881. The van der Waals surface area contributed by atoms with Crippen molar-refractivity contribution in [2.75, 3.05) is 104 Å². The summed E-state index contributed by atoms with van der Waals surface area (Å²) in [4.78, 5) is 81.4. The van der Waals surface area contributed by atoms with Crippen LogP contribution in [0.15, 0.2) is 101 Å². The molecule has 2 aliphatic rings. The first-order valence-corrected chi connectivity index (χ1v) is 32.5. The number of aryl methyl sites for hydroxylation is 3. The van der Waals surface area contributed by atoms with Gasteiger partial charge in [0.15, 0.2) is 6.54 Å². The Morgan fingerprint density at radius 2 is 1.19 bits per heavy atom. The molecule has 1 aromatic heterocycles. The molecule has 460 valence electrons. The second-order valence-electron chi connectivity index (χ2n) is 20.8. The van der Waals surface area contributed by atoms with E-state index in [0.717, 1.165) is 15.9 Å². The number of aliphatic carboxylic acids is 1. The number of imide groups is 1. The maximum absolute atomic E-state index is 15.2. The van der Waals surface area contributed by atoms with Crippen molar-refractivity contribution in [3.05, 3.63) is 119 Å². The number of Topliss-reactive ketones (excluding diaryl/α,β-unsaturated/α-hetero) is 1. The number of ether oxygens (including phenoxy) is 4. The molecule has 1 fully saturated rings. The number of aromatic nitrogens is 1. The highest BCUT2D eigenvalue weighted by atomic mass is 32.2. The van der Waals surface area contributed by atoms with E-state index in [1.165, 1.54) is 33.5 Å². The van der Waals surface area contributed by atoms with Crippen LogP contribution in [0.2, 0.25) is 0 Å². The molecule has 4 N–H and O–H groups in total. The molecule has 4 amide bonds. The van der Waals surface area contributed by atoms with Gasteiger partial charge in [0.05, 0.1) is 90.9 Å². The van der Waals surface area contributed by atoms with Crippen LogP contribution in [0.4, 0.5) is 5.69 Å². The van der Waals surface area contributed by atoms with Crippen LogP contribution in [-0.4, -0.2) is 187 Å². The Kier molecular flexibility index (Phi) is 21.4. The molecule has 1 saturated heterocycles. The molecular formula is C59H69N6O18S3+. The number of nitrogens with zero attached hydrogens (tertiary/aromatic N) is 5. The van der Waals surface area contributed by atoms with Crippen LogP contribution in [0.1, 0.15) is 80.7 Å². The van der Waals surface area contributed by atoms with Crippen LogP contribution in [0.25, 0.3) is 32.6 Å². The molecule has 24 nitrogen and oxygen atoms in total. The first-order valence-electron chi connectivity index (χ1n) is 28.0. The Morgan fingerprint density at radius 3 is 1.77 bits per heavy atom. The summed E-state index contributed by atoms with van der Waals surface area (Å²) in [5.41, 5.74) is 7.99. The molecule has 8 rings (SSSR count). The van der Waals surface area contributed by atoms with E-state index in [2.05, 4.69) is 0 Å². The molecule has 5 aromatic carbocycles. The predicted octanol–water partition coefficient (Wildman–Crippen LogP) is 4.54. The normalized spacial score (nSPS) is 14.2. The highest BCUT2D eigenvalue weighted by Crippen LogP contribution is 2.38. The highest BCUT2D eigenvalue weighted by molar-refractivity contribution is 7.89. The quantitative estimate of drug-likeness (QED) is 0.0134. The molecular weight excluding hydrogens is 1180 g/mol. The number of benzene rings is 5. The van der Waals surface area contributed by atoms with E-state index in [9.17, 15) is 53.8 Å². The lowest BCUT2D eigenvalue weighted by atomic mass is 9.91. The van der Waals surface area contributed by atoms with Crippen molar-refractivity contribution in [2.45, 2.75) is 68.7 Å². The Labute approximate surface area is 498 Å². The topological polar surface area (TPSA) is 325 Å². The lowest BCUT2D eigenvalue weighted by Gasteiger charge is -2.35. The summed E-state index contributed by atoms with van der Waals surface area (Å²) in [7, 11) is -13.3. The number of hydrogen-bond acceptors (Lipinski definition) is 17. The molecule has 0 aliphatic carbocycles. The number of para-hydroxylation sites is 2. The number of ketones is 1. The number of carbonyl (C=O) groups is 6. The number of carboxylic acids is 1. The summed E-state index contributed by atoms with van der Waals surface area (Å²) in [5, 5.41) is 9.61. The molecule has 86 heavy (non-hydrogen) atoms. The standard InChI is InChI=1S/C59H68N6O18S3/c1-40-16-18-43(19-17-40)85(75,76)65(22-7-10-42(66)11-8-27-80-29-31-82-33-34-83-32-30-81-28-20-53(68)69)59(72)55-44-12-3-5-14-49(44)63(50-15-6-4-13-45(50)55)21-9-35-84(73,74)62-25-23-61(24-26-62)52(67)39-64-57(70)47-37-41(2)36-46-54(47)48(58(64)71)38-51(56(46)60)86(77,78)79/h3-6,12-19,36-38H,7-11,20-35,39H2,1-2H3,(H3-,60,68,69,70,71,77,78,79)/p+1. The number of carbonyl (C=O) groups excluding carboxylic acids is 5. The zero-order valence-corrected chi connectivity index (χ0v) is 50.1. The number of amides is 4. The second kappa shape index (κ2) is 28.4. The number of sulfonamides is 2. The summed E-state index contributed by atoms with van der Waals surface area (Å²) in [6.45, 7) is 4.45. The van der Waals surface area contributed by atoms with Gasteiger partial charge in [0.2, 0.25) is 27.0 Å². The summed E-state index contributed by atoms with van der Waals surface area (Å²) < 4.78 is 117. The van der Waals surface area contributed by atoms with Gasteiger partial charge in [0.1, 0.15) is 17.2 Å². The number of pyridine rings is 1. The molecule has 0 radical (unpaired) electrons. The minimum Gasteiger partial charge on any atom is -0.481 e. The van der Waals surface area contributed by atoms with Gasteiger partial charge in [-0.3, -0.25) is 38.2 Å². The van der Waals surface area contributed by atoms with Crippen molar-refractivity contribution < 1.29 is 87.2 Å². The Hall–Kier alpha value is -7.34. The third-order valence-corrected chi connectivity index (χ3v) is 19.4. The van der Waals surface area contributed by atoms with Gasteiger partial charge in [0.25, 0.3) is 37.9 Å². The minimum atomic E-state index is -4.90. The van der Waals surface area contributed by atoms with Gasteiger partial charge in [-0.25, -0.2) is 21.1 Å². The maximum Gasteiger partial charge on any atom is 0.305 e. The zero-order chi connectivity index (χ0) is 61.9. The molecule has 3 heterocycles. The number of piperazine rings is 1. The fraction of sp³-hybridized carbons (Fsp3) is 0.407. The molecule has 2 aliphatic heterocycles. The fourth-order valence-electron chi connectivity index (χ4n) is 10.5. The Bertz CT molecular complexity index is 3850. The van der Waals surface area contributed by atoms with Gasteiger partial charge in [0, 0.05) is 87.1 Å². The van der Waals surface area contributed by atoms with E-state index in [-0.39, 0.29) is 141 Å². The molecule has 27 heteroatoms. The summed E-state index contributed by atoms with van der Waals surface area (Å²) in [6, 6.07) is 23.8. The van der Waals surface area contributed by atoms with Gasteiger partial charge >= 0.3 is 5.97 Å². The smallest absolute Gasteiger partial charge is 0.305 e. The number of nitrogens with two attached hydrogens (primary N) is 1. The molecule has 0 saturated carbocycles. The van der Waals surface area contributed by atoms with E-state index in [4.69, 9.17) is 29.8 Å². The first kappa shape index (κ1) is 64.7. The van der Waals surface area contributed by atoms with E-state index in [0.29, 0.717) is 71.7 Å². The maximum atomic E-state index is 15.2. The number of nitrogen functional groups attached to an aromatic ring is 1. The van der Waals surface area contributed by atoms with Crippen molar-refractivity contribution in [3.8, 4) is 0 Å². The van der Waals surface area contributed by atoms with Crippen molar-refractivity contribution >= 4 is 104 Å². The minimum absolute atomic E-state index is 0.00654. The number of carboxylic acid groups (broad SMARTS) is 1. The van der Waals surface area contributed by atoms with E-state index < -0.39 is 71.2 Å². The molecule has 0 bridgehead atoms. The predicted molar refractivity (Wildman–Crippen MR) is 315 cm³/mol. The largest absolute Gasteiger partial charge is 0.481 e. The van der Waals surface area contributed by atoms with Gasteiger partial charge in [-0.15, -0.1) is 0 Å². The number of rotatable bonds is 31. The molecule has 0 spiro atoms. The van der Waals surface area contributed by atoms with Crippen LogP contribution < -0.4 is 10.3 Å². The van der Waals surface area contributed by atoms with Gasteiger partial charge in [-0.1, -0.05) is 42.0 Å². The fourth-order valence-corrected chi connectivity index (χ4v) is 14.0. The van der Waals surface area contributed by atoms with Gasteiger partial charge in [-0.05, 0) is 74.7 Å².